The summed E-state index contributed by atoms with van der Waals surface area (Å²) in [5.41, 5.74) is 0. The van der Waals surface area contributed by atoms with Crippen molar-refractivity contribution in [2.75, 3.05) is 6.67 Å². The zero-order valence-corrected chi connectivity index (χ0v) is 7.01. The molecular formula is C8H12N4. The van der Waals surface area contributed by atoms with Gasteiger partial charge in [-0.15, -0.1) is 0 Å². The van der Waals surface area contributed by atoms with Crippen LogP contribution in [0.1, 0.15) is 13.1 Å². The molecule has 4 heteroatoms. The molecule has 2 rings (SSSR count). The second-order valence-electron chi connectivity index (χ2n) is 2.83. The zero-order valence-electron chi connectivity index (χ0n) is 7.01. The smallest absolute Gasteiger partial charge is 0.105 e. The molecular weight excluding hydrogens is 152 g/mol. The zero-order chi connectivity index (χ0) is 8.39. The van der Waals surface area contributed by atoms with Gasteiger partial charge in [0.15, 0.2) is 0 Å². The molecule has 0 amide bonds. The van der Waals surface area contributed by atoms with Crippen LogP contribution in [0, 0.1) is 0 Å². The summed E-state index contributed by atoms with van der Waals surface area (Å²) in [6, 6.07) is 0. The van der Waals surface area contributed by atoms with E-state index in [0.717, 1.165) is 6.67 Å². The van der Waals surface area contributed by atoms with Crippen LogP contribution in [0.4, 0.5) is 0 Å². The molecule has 2 heterocycles. The van der Waals surface area contributed by atoms with Crippen molar-refractivity contribution < 1.29 is 0 Å². The molecule has 0 spiro atoms. The van der Waals surface area contributed by atoms with E-state index in [4.69, 9.17) is 0 Å². The fraction of sp³-hybridized carbons (Fsp3) is 0.375. The highest BCUT2D eigenvalue weighted by molar-refractivity contribution is 4.90. The fourth-order valence-corrected chi connectivity index (χ4v) is 1.28. The van der Waals surface area contributed by atoms with Crippen LogP contribution < -0.4 is 5.32 Å². The quantitative estimate of drug-likeness (QED) is 0.699. The summed E-state index contributed by atoms with van der Waals surface area (Å²) in [5.74, 6) is 0. The lowest BCUT2D eigenvalue weighted by Gasteiger charge is -2.24. The number of nitrogens with zero attached hydrogens (tertiary/aromatic N) is 3. The van der Waals surface area contributed by atoms with Crippen LogP contribution in [-0.4, -0.2) is 21.1 Å². The minimum Gasteiger partial charge on any atom is -0.372 e. The van der Waals surface area contributed by atoms with Crippen LogP contribution in [-0.2, 0) is 0 Å². The highest BCUT2D eigenvalue weighted by Gasteiger charge is 2.12. The van der Waals surface area contributed by atoms with Gasteiger partial charge in [-0.05, 0) is 6.92 Å². The first-order valence-corrected chi connectivity index (χ1v) is 4.01. The summed E-state index contributed by atoms with van der Waals surface area (Å²) in [6.07, 6.45) is 9.92. The van der Waals surface area contributed by atoms with Crippen molar-refractivity contribution in [2.24, 2.45) is 0 Å². The van der Waals surface area contributed by atoms with Crippen LogP contribution >= 0.6 is 0 Å². The average molecular weight is 164 g/mol. The standard InChI is InChI=1S/C8H12N4/c1-8(11-4-2-9-6-11)12-5-3-10-7-12/h2-6,8,10H,7H2,1H3. The van der Waals surface area contributed by atoms with Crippen molar-refractivity contribution in [1.29, 1.82) is 0 Å². The number of aromatic nitrogens is 2. The monoisotopic (exact) mass is 164 g/mol. The molecule has 1 N–H and O–H groups in total. The molecule has 0 fully saturated rings. The van der Waals surface area contributed by atoms with Crippen LogP contribution in [0.2, 0.25) is 0 Å². The van der Waals surface area contributed by atoms with Crippen LogP contribution in [0.5, 0.6) is 0 Å². The fourth-order valence-electron chi connectivity index (χ4n) is 1.28. The summed E-state index contributed by atoms with van der Waals surface area (Å²) in [5, 5.41) is 3.13. The molecule has 1 aliphatic heterocycles. The van der Waals surface area contributed by atoms with Crippen LogP contribution in [0.15, 0.2) is 31.1 Å². The van der Waals surface area contributed by atoms with Gasteiger partial charge >= 0.3 is 0 Å². The molecule has 12 heavy (non-hydrogen) atoms. The predicted molar refractivity (Wildman–Crippen MR) is 45.9 cm³/mol. The van der Waals surface area contributed by atoms with E-state index in [9.17, 15) is 0 Å². The molecule has 0 aromatic carbocycles. The van der Waals surface area contributed by atoms with Gasteiger partial charge in [-0.1, -0.05) is 0 Å². The lowest BCUT2D eigenvalue weighted by Crippen LogP contribution is -2.27. The van der Waals surface area contributed by atoms with Crippen molar-refractivity contribution >= 4 is 0 Å². The van der Waals surface area contributed by atoms with E-state index in [-0.39, 0.29) is 0 Å². The predicted octanol–water partition coefficient (Wildman–Crippen LogP) is 0.736. The number of hydrogen-bond donors (Lipinski definition) is 1. The second-order valence-corrected chi connectivity index (χ2v) is 2.83. The normalized spacial score (nSPS) is 17.9. The molecule has 4 nitrogen and oxygen atoms in total. The van der Waals surface area contributed by atoms with Crippen molar-refractivity contribution in [3.8, 4) is 0 Å². The van der Waals surface area contributed by atoms with Crippen LogP contribution in [0.3, 0.4) is 0 Å². The largest absolute Gasteiger partial charge is 0.372 e. The summed E-state index contributed by atoms with van der Waals surface area (Å²) in [7, 11) is 0. The first-order chi connectivity index (χ1) is 5.88. The van der Waals surface area contributed by atoms with E-state index in [1.165, 1.54) is 0 Å². The van der Waals surface area contributed by atoms with Gasteiger partial charge in [0.25, 0.3) is 0 Å². The van der Waals surface area contributed by atoms with Crippen molar-refractivity contribution in [3.63, 3.8) is 0 Å². The van der Waals surface area contributed by atoms with E-state index < -0.39 is 0 Å². The third kappa shape index (κ3) is 1.15. The van der Waals surface area contributed by atoms with E-state index >= 15 is 0 Å². The topological polar surface area (TPSA) is 33.1 Å². The van der Waals surface area contributed by atoms with Crippen molar-refractivity contribution in [3.05, 3.63) is 31.1 Å². The SMILES string of the molecule is CC(N1C=CNC1)n1ccnc1. The number of imidazole rings is 1. The first-order valence-electron chi connectivity index (χ1n) is 4.01. The number of hydrogen-bond acceptors (Lipinski definition) is 3. The number of nitrogens with one attached hydrogen (secondary N) is 1. The van der Waals surface area contributed by atoms with Crippen LogP contribution in [0.25, 0.3) is 0 Å². The minimum atomic E-state index is 0.332. The summed E-state index contributed by atoms with van der Waals surface area (Å²) in [6.45, 7) is 3.01. The Labute approximate surface area is 71.5 Å². The lowest BCUT2D eigenvalue weighted by atomic mass is 10.5. The van der Waals surface area contributed by atoms with E-state index in [2.05, 4.69) is 26.7 Å². The van der Waals surface area contributed by atoms with Gasteiger partial charge in [-0.25, -0.2) is 4.98 Å². The van der Waals surface area contributed by atoms with Gasteiger partial charge in [0, 0.05) is 24.8 Å². The van der Waals surface area contributed by atoms with Gasteiger partial charge in [-0.2, -0.15) is 0 Å². The van der Waals surface area contributed by atoms with Gasteiger partial charge in [0.2, 0.25) is 0 Å². The Morgan fingerprint density at radius 2 is 2.50 bits per heavy atom. The maximum absolute atomic E-state index is 4.01. The molecule has 0 radical (unpaired) electrons. The van der Waals surface area contributed by atoms with Crippen molar-refractivity contribution in [2.45, 2.75) is 13.1 Å². The Morgan fingerprint density at radius 1 is 1.58 bits per heavy atom. The Morgan fingerprint density at radius 3 is 3.08 bits per heavy atom. The molecule has 0 aliphatic carbocycles. The van der Waals surface area contributed by atoms with E-state index in [1.54, 1.807) is 6.20 Å². The lowest BCUT2D eigenvalue weighted by molar-refractivity contribution is 0.234. The van der Waals surface area contributed by atoms with Gasteiger partial charge in [0.1, 0.15) is 6.17 Å². The molecule has 1 aromatic heterocycles. The Hall–Kier alpha value is -1.45. The van der Waals surface area contributed by atoms with E-state index in [1.807, 2.05) is 24.9 Å². The van der Waals surface area contributed by atoms with Gasteiger partial charge in [-0.3, -0.25) is 0 Å². The Kier molecular flexibility index (Phi) is 1.74. The summed E-state index contributed by atoms with van der Waals surface area (Å²) < 4.78 is 2.07. The van der Waals surface area contributed by atoms with E-state index in [0.29, 0.717) is 6.17 Å². The highest BCUT2D eigenvalue weighted by Crippen LogP contribution is 2.12. The molecule has 0 bridgehead atoms. The third-order valence-corrected chi connectivity index (χ3v) is 2.09. The summed E-state index contributed by atoms with van der Waals surface area (Å²) >= 11 is 0. The Balaban J connectivity index is 2.09. The minimum absolute atomic E-state index is 0.332. The third-order valence-electron chi connectivity index (χ3n) is 2.09. The molecule has 1 aromatic rings. The number of rotatable bonds is 2. The summed E-state index contributed by atoms with van der Waals surface area (Å²) in [4.78, 5) is 6.20. The molecule has 0 saturated heterocycles. The first kappa shape index (κ1) is 7.21. The van der Waals surface area contributed by atoms with Gasteiger partial charge < -0.3 is 14.8 Å². The molecule has 1 aliphatic rings. The van der Waals surface area contributed by atoms with Crippen molar-refractivity contribution in [1.82, 2.24) is 19.8 Å². The maximum atomic E-state index is 4.01. The second kappa shape index (κ2) is 2.89. The van der Waals surface area contributed by atoms with Gasteiger partial charge in [0.05, 0.1) is 13.0 Å². The Bertz CT molecular complexity index is 265. The highest BCUT2D eigenvalue weighted by atomic mass is 15.3. The molecule has 64 valence electrons. The molecule has 1 unspecified atom stereocenters. The molecule has 1 atom stereocenters. The average Bonchev–Trinajstić information content (AvgIpc) is 2.77. The maximum Gasteiger partial charge on any atom is 0.105 e. The molecule has 0 saturated carbocycles.